The number of methoxy groups -OCH3 is 2. The highest BCUT2D eigenvalue weighted by Gasteiger charge is 2.34. The highest BCUT2D eigenvalue weighted by atomic mass is 16.5. The molecule has 0 fully saturated rings. The Morgan fingerprint density at radius 1 is 0.939 bits per heavy atom. The molecule has 3 rings (SSSR count). The molecule has 1 unspecified atom stereocenters. The van der Waals surface area contributed by atoms with E-state index in [1.165, 1.54) is 0 Å². The van der Waals surface area contributed by atoms with E-state index in [1.54, 1.807) is 26.4 Å². The summed E-state index contributed by atoms with van der Waals surface area (Å²) < 4.78 is 11.1. The summed E-state index contributed by atoms with van der Waals surface area (Å²) >= 11 is 0. The van der Waals surface area contributed by atoms with E-state index in [2.05, 4.69) is 12.2 Å². The molecule has 33 heavy (non-hydrogen) atoms. The van der Waals surface area contributed by atoms with Gasteiger partial charge in [-0.2, -0.15) is 0 Å². The van der Waals surface area contributed by atoms with Gasteiger partial charge in [0.2, 0.25) is 0 Å². The van der Waals surface area contributed by atoms with Crippen LogP contribution in [0.1, 0.15) is 53.2 Å². The van der Waals surface area contributed by atoms with Gasteiger partial charge >= 0.3 is 0 Å². The lowest BCUT2D eigenvalue weighted by molar-refractivity contribution is 0.0672. The molecular formula is C28H33NO4. The number of hydrogen-bond acceptors (Lipinski definition) is 4. The SMILES string of the molecule is CCCCC(O)(c1ccccc1)c1cc(OC)c(OC)cc1CCNC(=O)c1ccccc1. The largest absolute Gasteiger partial charge is 0.493 e. The Balaban J connectivity index is 1.97. The maximum Gasteiger partial charge on any atom is 0.251 e. The van der Waals surface area contributed by atoms with Crippen molar-refractivity contribution < 1.29 is 19.4 Å². The minimum absolute atomic E-state index is 0.123. The highest BCUT2D eigenvalue weighted by Crippen LogP contribution is 2.41. The van der Waals surface area contributed by atoms with Gasteiger partial charge in [0.05, 0.1) is 14.2 Å². The molecule has 0 aliphatic rings. The Kier molecular flexibility index (Phi) is 8.50. The molecule has 3 aromatic rings. The molecule has 2 N–H and O–H groups in total. The average molecular weight is 448 g/mol. The van der Waals surface area contributed by atoms with Gasteiger partial charge in [-0.3, -0.25) is 4.79 Å². The monoisotopic (exact) mass is 447 g/mol. The number of benzene rings is 3. The van der Waals surface area contributed by atoms with Crippen LogP contribution in [-0.2, 0) is 12.0 Å². The zero-order valence-corrected chi connectivity index (χ0v) is 19.6. The van der Waals surface area contributed by atoms with E-state index in [9.17, 15) is 9.90 Å². The van der Waals surface area contributed by atoms with E-state index in [-0.39, 0.29) is 5.91 Å². The van der Waals surface area contributed by atoms with Crippen LogP contribution in [0.5, 0.6) is 11.5 Å². The zero-order valence-electron chi connectivity index (χ0n) is 19.6. The zero-order chi connectivity index (χ0) is 23.7. The second-order valence-corrected chi connectivity index (χ2v) is 8.07. The Bertz CT molecular complexity index is 1040. The fourth-order valence-electron chi connectivity index (χ4n) is 4.10. The molecule has 5 heteroatoms. The van der Waals surface area contributed by atoms with Crippen LogP contribution in [0, 0.1) is 0 Å². The fraction of sp³-hybridized carbons (Fsp3) is 0.321. The quantitative estimate of drug-likeness (QED) is 0.429. The molecule has 0 heterocycles. The van der Waals surface area contributed by atoms with Crippen LogP contribution in [0.3, 0.4) is 0 Å². The van der Waals surface area contributed by atoms with Crippen molar-refractivity contribution in [1.29, 1.82) is 0 Å². The van der Waals surface area contributed by atoms with Crippen molar-refractivity contribution in [2.24, 2.45) is 0 Å². The summed E-state index contributed by atoms with van der Waals surface area (Å²) in [5.74, 6) is 1.04. The van der Waals surface area contributed by atoms with E-state index in [4.69, 9.17) is 9.47 Å². The van der Waals surface area contributed by atoms with E-state index in [0.717, 1.165) is 29.5 Å². The van der Waals surface area contributed by atoms with Gasteiger partial charge in [0.1, 0.15) is 5.60 Å². The lowest BCUT2D eigenvalue weighted by atomic mass is 9.79. The maximum absolute atomic E-state index is 12.5. The van der Waals surface area contributed by atoms with Crippen LogP contribution < -0.4 is 14.8 Å². The molecule has 0 aliphatic carbocycles. The molecule has 0 saturated heterocycles. The van der Waals surface area contributed by atoms with E-state index in [0.29, 0.717) is 36.4 Å². The molecular weight excluding hydrogens is 414 g/mol. The fourth-order valence-corrected chi connectivity index (χ4v) is 4.10. The van der Waals surface area contributed by atoms with Crippen LogP contribution >= 0.6 is 0 Å². The first kappa shape index (κ1) is 24.3. The Morgan fingerprint density at radius 2 is 1.55 bits per heavy atom. The molecule has 0 aliphatic heterocycles. The molecule has 0 bridgehead atoms. The van der Waals surface area contributed by atoms with Crippen LogP contribution in [0.15, 0.2) is 72.8 Å². The Labute approximate surface area is 196 Å². The molecule has 0 radical (unpaired) electrons. The number of rotatable bonds is 11. The second kappa shape index (κ2) is 11.5. The van der Waals surface area contributed by atoms with Crippen LogP contribution in [-0.4, -0.2) is 31.8 Å². The molecule has 3 aromatic carbocycles. The number of ether oxygens (including phenoxy) is 2. The van der Waals surface area contributed by atoms with Crippen molar-refractivity contribution in [2.75, 3.05) is 20.8 Å². The van der Waals surface area contributed by atoms with Crippen molar-refractivity contribution in [3.8, 4) is 11.5 Å². The second-order valence-electron chi connectivity index (χ2n) is 8.07. The summed E-state index contributed by atoms with van der Waals surface area (Å²) in [6, 6.07) is 22.6. The first-order valence-corrected chi connectivity index (χ1v) is 11.4. The minimum atomic E-state index is -1.18. The van der Waals surface area contributed by atoms with Gasteiger partial charge in [-0.1, -0.05) is 68.3 Å². The predicted molar refractivity (Wildman–Crippen MR) is 131 cm³/mol. The predicted octanol–water partition coefficient (Wildman–Crippen LogP) is 5.10. The van der Waals surface area contributed by atoms with Gasteiger partial charge in [-0.25, -0.2) is 0 Å². The van der Waals surface area contributed by atoms with Crippen LogP contribution in [0.25, 0.3) is 0 Å². The van der Waals surface area contributed by atoms with Gasteiger partial charge in [0, 0.05) is 12.1 Å². The standard InChI is InChI=1S/C28H33NO4/c1-4-5-17-28(31,23-14-10-7-11-15-23)24-20-26(33-3)25(32-2)19-22(24)16-18-29-27(30)21-12-8-6-9-13-21/h6-15,19-20,31H,4-5,16-18H2,1-3H3,(H,29,30). The number of carbonyl (C=O) groups is 1. The summed E-state index contributed by atoms with van der Waals surface area (Å²) in [5, 5.41) is 15.0. The maximum atomic E-state index is 12.5. The van der Waals surface area contributed by atoms with E-state index < -0.39 is 5.60 Å². The lowest BCUT2D eigenvalue weighted by Gasteiger charge is -2.32. The van der Waals surface area contributed by atoms with E-state index >= 15 is 0 Å². The highest BCUT2D eigenvalue weighted by molar-refractivity contribution is 5.94. The van der Waals surface area contributed by atoms with Crippen molar-refractivity contribution in [2.45, 2.75) is 38.2 Å². The van der Waals surface area contributed by atoms with Crippen molar-refractivity contribution in [3.63, 3.8) is 0 Å². The van der Waals surface area contributed by atoms with Gasteiger partial charge in [0.25, 0.3) is 5.91 Å². The summed E-state index contributed by atoms with van der Waals surface area (Å²) in [6.07, 6.45) is 2.94. The summed E-state index contributed by atoms with van der Waals surface area (Å²) in [5.41, 5.74) is 1.95. The van der Waals surface area contributed by atoms with E-state index in [1.807, 2.05) is 60.7 Å². The van der Waals surface area contributed by atoms with Crippen molar-refractivity contribution >= 4 is 5.91 Å². The molecule has 174 valence electrons. The number of aliphatic hydroxyl groups is 1. The summed E-state index contributed by atoms with van der Waals surface area (Å²) in [7, 11) is 3.19. The smallest absolute Gasteiger partial charge is 0.251 e. The third kappa shape index (κ3) is 5.74. The topological polar surface area (TPSA) is 67.8 Å². The number of unbranched alkanes of at least 4 members (excludes halogenated alkanes) is 1. The number of carbonyl (C=O) groups excluding carboxylic acids is 1. The number of hydrogen-bond donors (Lipinski definition) is 2. The third-order valence-corrected chi connectivity index (χ3v) is 5.91. The van der Waals surface area contributed by atoms with Gasteiger partial charge in [-0.15, -0.1) is 0 Å². The summed E-state index contributed by atoms with van der Waals surface area (Å²) in [4.78, 5) is 12.5. The average Bonchev–Trinajstić information content (AvgIpc) is 2.87. The normalized spacial score (nSPS) is 12.6. The Morgan fingerprint density at radius 3 is 2.15 bits per heavy atom. The van der Waals surface area contributed by atoms with Gasteiger partial charge in [0.15, 0.2) is 11.5 Å². The first-order chi connectivity index (χ1) is 16.0. The molecule has 0 spiro atoms. The van der Waals surface area contributed by atoms with Crippen molar-refractivity contribution in [1.82, 2.24) is 5.32 Å². The van der Waals surface area contributed by atoms with Crippen LogP contribution in [0.2, 0.25) is 0 Å². The molecule has 5 nitrogen and oxygen atoms in total. The molecule has 1 atom stereocenters. The summed E-state index contributed by atoms with van der Waals surface area (Å²) in [6.45, 7) is 2.54. The van der Waals surface area contributed by atoms with Crippen molar-refractivity contribution in [3.05, 3.63) is 95.1 Å². The Hall–Kier alpha value is -3.31. The van der Waals surface area contributed by atoms with Gasteiger partial charge < -0.3 is 19.9 Å². The van der Waals surface area contributed by atoms with Crippen LogP contribution in [0.4, 0.5) is 0 Å². The third-order valence-electron chi connectivity index (χ3n) is 5.91. The number of amides is 1. The van der Waals surface area contributed by atoms with Gasteiger partial charge in [-0.05, 0) is 53.8 Å². The first-order valence-electron chi connectivity index (χ1n) is 11.4. The molecule has 0 saturated carbocycles. The number of nitrogens with one attached hydrogen (secondary N) is 1. The lowest BCUT2D eigenvalue weighted by Crippen LogP contribution is -2.30. The molecule has 1 amide bonds. The molecule has 0 aromatic heterocycles. The minimum Gasteiger partial charge on any atom is -0.493 e.